The van der Waals surface area contributed by atoms with E-state index < -0.39 is 0 Å². The largest absolute Gasteiger partial charge is 0.493 e. The molecule has 1 aliphatic rings. The van der Waals surface area contributed by atoms with Crippen LogP contribution in [0.25, 0.3) is 0 Å². The molecule has 1 aromatic rings. The van der Waals surface area contributed by atoms with E-state index in [2.05, 4.69) is 4.98 Å². The molecule has 1 fully saturated rings. The molecule has 0 unspecified atom stereocenters. The van der Waals surface area contributed by atoms with Crippen molar-refractivity contribution in [3.8, 4) is 11.5 Å². The SMILES string of the molecule is COC(=O)CC1(CSCc2nccc(OC)c2OC)CC1. The first kappa shape index (κ1) is 15.9. The first-order chi connectivity index (χ1) is 10.1. The second kappa shape index (κ2) is 7.02. The van der Waals surface area contributed by atoms with Crippen LogP contribution in [0.4, 0.5) is 0 Å². The lowest BCUT2D eigenvalue weighted by molar-refractivity contribution is -0.141. The lowest BCUT2D eigenvalue weighted by atomic mass is 10.1. The van der Waals surface area contributed by atoms with Crippen molar-refractivity contribution in [1.82, 2.24) is 4.98 Å². The monoisotopic (exact) mass is 311 g/mol. The van der Waals surface area contributed by atoms with Gasteiger partial charge in [0.15, 0.2) is 11.5 Å². The van der Waals surface area contributed by atoms with Gasteiger partial charge in [-0.15, -0.1) is 0 Å². The summed E-state index contributed by atoms with van der Waals surface area (Å²) < 4.78 is 15.4. The van der Waals surface area contributed by atoms with Gasteiger partial charge in [0, 0.05) is 18.0 Å². The van der Waals surface area contributed by atoms with Gasteiger partial charge in [-0.1, -0.05) is 0 Å². The van der Waals surface area contributed by atoms with Crippen molar-refractivity contribution in [2.75, 3.05) is 27.1 Å². The Morgan fingerprint density at radius 3 is 2.67 bits per heavy atom. The van der Waals surface area contributed by atoms with Crippen molar-refractivity contribution < 1.29 is 19.0 Å². The first-order valence-corrected chi connectivity index (χ1v) is 8.00. The summed E-state index contributed by atoms with van der Waals surface area (Å²) in [5.41, 5.74) is 1.000. The molecule has 1 aromatic heterocycles. The molecule has 1 saturated carbocycles. The number of ether oxygens (including phenoxy) is 3. The fourth-order valence-corrected chi connectivity index (χ4v) is 3.57. The summed E-state index contributed by atoms with van der Waals surface area (Å²) in [4.78, 5) is 15.8. The van der Waals surface area contributed by atoms with Gasteiger partial charge in [0.25, 0.3) is 0 Å². The highest BCUT2D eigenvalue weighted by Crippen LogP contribution is 2.51. The van der Waals surface area contributed by atoms with Gasteiger partial charge in [0.05, 0.1) is 33.4 Å². The summed E-state index contributed by atoms with van der Waals surface area (Å²) in [7, 11) is 4.67. The highest BCUT2D eigenvalue weighted by Gasteiger charge is 2.44. The van der Waals surface area contributed by atoms with Crippen LogP contribution in [0.1, 0.15) is 25.0 Å². The predicted octanol–water partition coefficient (Wildman–Crippen LogP) is 2.68. The van der Waals surface area contributed by atoms with Crippen molar-refractivity contribution in [3.63, 3.8) is 0 Å². The molecule has 6 heteroatoms. The number of nitrogens with zero attached hydrogens (tertiary/aromatic N) is 1. The highest BCUT2D eigenvalue weighted by molar-refractivity contribution is 7.98. The van der Waals surface area contributed by atoms with Crippen LogP contribution in [-0.2, 0) is 15.3 Å². The average molecular weight is 311 g/mol. The molecule has 0 amide bonds. The van der Waals surface area contributed by atoms with Crippen molar-refractivity contribution in [2.24, 2.45) is 5.41 Å². The number of hydrogen-bond donors (Lipinski definition) is 0. The second-order valence-electron chi connectivity index (χ2n) is 5.24. The minimum atomic E-state index is -0.120. The molecular weight excluding hydrogens is 290 g/mol. The number of aromatic nitrogens is 1. The molecule has 116 valence electrons. The Morgan fingerprint density at radius 1 is 1.33 bits per heavy atom. The topological polar surface area (TPSA) is 57.7 Å². The van der Waals surface area contributed by atoms with Gasteiger partial charge >= 0.3 is 5.97 Å². The van der Waals surface area contributed by atoms with Crippen LogP contribution in [0, 0.1) is 5.41 Å². The summed E-state index contributed by atoms with van der Waals surface area (Å²) in [5.74, 6) is 2.93. The Kier molecular flexibility index (Phi) is 5.33. The summed E-state index contributed by atoms with van der Waals surface area (Å²) in [6.45, 7) is 0. The van der Waals surface area contributed by atoms with Gasteiger partial charge in [-0.05, 0) is 24.0 Å². The standard InChI is InChI=1S/C15H21NO4S/c1-18-12-4-7-16-11(14(12)20-3)9-21-10-15(5-6-15)8-13(17)19-2/h4,7H,5-6,8-10H2,1-3H3. The van der Waals surface area contributed by atoms with Crippen LogP contribution in [0.3, 0.4) is 0 Å². The Hall–Kier alpha value is -1.43. The van der Waals surface area contributed by atoms with Crippen LogP contribution >= 0.6 is 11.8 Å². The summed E-state index contributed by atoms with van der Waals surface area (Å²) in [5, 5.41) is 0. The van der Waals surface area contributed by atoms with E-state index in [0.717, 1.165) is 30.0 Å². The lowest BCUT2D eigenvalue weighted by Gasteiger charge is -2.14. The Bertz CT molecular complexity index is 502. The van der Waals surface area contributed by atoms with E-state index in [1.54, 1.807) is 38.2 Å². The normalized spacial score (nSPS) is 15.4. The fourth-order valence-electron chi connectivity index (χ4n) is 2.24. The Labute approximate surface area is 129 Å². The minimum absolute atomic E-state index is 0.120. The number of rotatable bonds is 8. The second-order valence-corrected chi connectivity index (χ2v) is 6.22. The third kappa shape index (κ3) is 4.03. The smallest absolute Gasteiger partial charge is 0.306 e. The zero-order valence-electron chi connectivity index (χ0n) is 12.7. The molecule has 0 N–H and O–H groups in total. The van der Waals surface area contributed by atoms with Gasteiger partial charge in [-0.2, -0.15) is 11.8 Å². The highest BCUT2D eigenvalue weighted by atomic mass is 32.2. The lowest BCUT2D eigenvalue weighted by Crippen LogP contribution is -2.13. The van der Waals surface area contributed by atoms with Gasteiger partial charge in [-0.25, -0.2) is 0 Å². The van der Waals surface area contributed by atoms with E-state index in [4.69, 9.17) is 14.2 Å². The molecule has 0 bridgehead atoms. The number of thioether (sulfide) groups is 1. The minimum Gasteiger partial charge on any atom is -0.493 e. The van der Waals surface area contributed by atoms with Gasteiger partial charge in [-0.3, -0.25) is 9.78 Å². The maximum Gasteiger partial charge on any atom is 0.306 e. The molecule has 0 spiro atoms. The molecule has 0 aliphatic heterocycles. The Morgan fingerprint density at radius 2 is 2.10 bits per heavy atom. The zero-order valence-corrected chi connectivity index (χ0v) is 13.5. The molecule has 21 heavy (non-hydrogen) atoms. The first-order valence-electron chi connectivity index (χ1n) is 6.84. The average Bonchev–Trinajstić information content (AvgIpc) is 3.26. The van der Waals surface area contributed by atoms with Crippen LogP contribution in [0.5, 0.6) is 11.5 Å². The molecule has 0 aromatic carbocycles. The Balaban J connectivity index is 1.91. The number of carbonyl (C=O) groups is 1. The number of pyridine rings is 1. The molecule has 1 aliphatic carbocycles. The molecule has 1 heterocycles. The van der Waals surface area contributed by atoms with Crippen molar-refractivity contribution in [3.05, 3.63) is 18.0 Å². The maximum atomic E-state index is 11.4. The third-order valence-electron chi connectivity index (χ3n) is 3.72. The molecule has 0 saturated heterocycles. The fraction of sp³-hybridized carbons (Fsp3) is 0.600. The van der Waals surface area contributed by atoms with Gasteiger partial charge < -0.3 is 14.2 Å². The molecule has 2 rings (SSSR count). The molecule has 0 radical (unpaired) electrons. The van der Waals surface area contributed by atoms with E-state index in [0.29, 0.717) is 17.9 Å². The van der Waals surface area contributed by atoms with Gasteiger partial charge in [0.2, 0.25) is 0 Å². The van der Waals surface area contributed by atoms with Gasteiger partial charge in [0.1, 0.15) is 0 Å². The predicted molar refractivity (Wildman–Crippen MR) is 81.8 cm³/mol. The zero-order chi connectivity index (χ0) is 15.3. The van der Waals surface area contributed by atoms with Crippen LogP contribution in [-0.4, -0.2) is 38.0 Å². The number of methoxy groups -OCH3 is 3. The van der Waals surface area contributed by atoms with Crippen molar-refractivity contribution in [1.29, 1.82) is 0 Å². The van der Waals surface area contributed by atoms with E-state index in [9.17, 15) is 4.79 Å². The number of esters is 1. The maximum absolute atomic E-state index is 11.4. The van der Waals surface area contributed by atoms with Crippen LogP contribution in [0.2, 0.25) is 0 Å². The van der Waals surface area contributed by atoms with Crippen LogP contribution < -0.4 is 9.47 Å². The van der Waals surface area contributed by atoms with E-state index in [1.807, 2.05) is 0 Å². The van der Waals surface area contributed by atoms with E-state index in [1.165, 1.54) is 7.11 Å². The van der Waals surface area contributed by atoms with E-state index in [-0.39, 0.29) is 11.4 Å². The van der Waals surface area contributed by atoms with Crippen molar-refractivity contribution in [2.45, 2.75) is 25.0 Å². The summed E-state index contributed by atoms with van der Waals surface area (Å²) in [6.07, 6.45) is 4.42. The molecule has 5 nitrogen and oxygen atoms in total. The summed E-state index contributed by atoms with van der Waals surface area (Å²) >= 11 is 1.77. The third-order valence-corrected chi connectivity index (χ3v) is 5.01. The van der Waals surface area contributed by atoms with Crippen molar-refractivity contribution >= 4 is 17.7 Å². The molecule has 0 atom stereocenters. The van der Waals surface area contributed by atoms with Crippen LogP contribution in [0.15, 0.2) is 12.3 Å². The number of carbonyl (C=O) groups excluding carboxylic acids is 1. The van der Waals surface area contributed by atoms with E-state index >= 15 is 0 Å². The summed E-state index contributed by atoms with van der Waals surface area (Å²) in [6, 6.07) is 1.78. The quantitative estimate of drug-likeness (QED) is 0.688. The number of hydrogen-bond acceptors (Lipinski definition) is 6. The molecular formula is C15H21NO4S.